The molecular formula is C27H24N4O5. The lowest BCUT2D eigenvalue weighted by Crippen LogP contribution is -2.32. The zero-order chi connectivity index (χ0) is 25.1. The highest BCUT2D eigenvalue weighted by atomic mass is 16.5. The third kappa shape index (κ3) is 4.76. The smallest absolute Gasteiger partial charge is 0.347 e. The minimum absolute atomic E-state index is 0.0956. The lowest BCUT2D eigenvalue weighted by Gasteiger charge is -2.17. The largest absolute Gasteiger partial charge is 0.497 e. The summed E-state index contributed by atoms with van der Waals surface area (Å²) in [6.07, 6.45) is 1.82. The van der Waals surface area contributed by atoms with E-state index in [0.29, 0.717) is 46.2 Å². The maximum atomic E-state index is 13.3. The summed E-state index contributed by atoms with van der Waals surface area (Å²) in [5.74, 6) is 1.77. The zero-order valence-corrected chi connectivity index (χ0v) is 19.8. The van der Waals surface area contributed by atoms with Gasteiger partial charge < -0.3 is 18.9 Å². The number of rotatable bonds is 8. The lowest BCUT2D eigenvalue weighted by atomic mass is 10.0. The molecule has 9 nitrogen and oxygen atoms in total. The van der Waals surface area contributed by atoms with E-state index in [0.717, 1.165) is 5.56 Å². The number of ether oxygens (including phenoxy) is 1. The summed E-state index contributed by atoms with van der Waals surface area (Å²) in [5.41, 5.74) is 2.02. The number of amides is 1. The topological polar surface area (TPSA) is 123 Å². The number of fused-ring (bicyclic) bond motifs is 1. The van der Waals surface area contributed by atoms with Crippen LogP contribution in [0.4, 0.5) is 0 Å². The molecule has 182 valence electrons. The van der Waals surface area contributed by atoms with Gasteiger partial charge in [-0.25, -0.2) is 9.78 Å². The third-order valence-corrected chi connectivity index (χ3v) is 5.90. The summed E-state index contributed by atoms with van der Waals surface area (Å²) in [4.78, 5) is 30.4. The van der Waals surface area contributed by atoms with E-state index in [9.17, 15) is 9.59 Å². The number of carbonyl (C=O) groups is 1. The molecule has 0 saturated carbocycles. The fraction of sp³-hybridized carbons (Fsp3) is 0.185. The minimum Gasteiger partial charge on any atom is -0.497 e. The van der Waals surface area contributed by atoms with Gasteiger partial charge in [-0.05, 0) is 43.2 Å². The Morgan fingerprint density at radius 3 is 2.58 bits per heavy atom. The Hall–Kier alpha value is -4.66. The van der Waals surface area contributed by atoms with E-state index in [1.54, 1.807) is 32.2 Å². The van der Waals surface area contributed by atoms with Crippen molar-refractivity contribution in [2.75, 3.05) is 7.11 Å². The molecule has 0 fully saturated rings. The molecule has 5 aromatic rings. The van der Waals surface area contributed by atoms with E-state index < -0.39 is 11.7 Å². The Bertz CT molecular complexity index is 1540. The van der Waals surface area contributed by atoms with Gasteiger partial charge >= 0.3 is 5.63 Å². The lowest BCUT2D eigenvalue weighted by molar-refractivity contribution is -0.121. The third-order valence-electron chi connectivity index (χ3n) is 5.90. The van der Waals surface area contributed by atoms with Gasteiger partial charge in [-0.3, -0.25) is 9.89 Å². The first-order valence-corrected chi connectivity index (χ1v) is 11.4. The molecule has 0 radical (unpaired) electrons. The van der Waals surface area contributed by atoms with Gasteiger partial charge in [-0.15, -0.1) is 0 Å². The number of carbonyl (C=O) groups excluding carboxylic acids is 1. The standard InChI is InChI=1S/C27H24N4O5/c1-16-12-22-24(27(33)35-16)20(25(36-22)18-8-10-19(34-2)11-9-18)14-23(32)30-21(26-28-15-29-31-26)13-17-6-4-3-5-7-17/h3-12,15,21H,13-14H2,1-2H3,(H,30,32)(H,28,29,31). The number of nitrogens with one attached hydrogen (secondary N) is 2. The average molecular weight is 485 g/mol. The van der Waals surface area contributed by atoms with Crippen molar-refractivity contribution in [2.45, 2.75) is 25.8 Å². The molecule has 3 heterocycles. The second-order valence-corrected chi connectivity index (χ2v) is 8.38. The Morgan fingerprint density at radius 2 is 1.89 bits per heavy atom. The SMILES string of the molecule is COc1ccc(-c2oc3cc(C)oc(=O)c3c2CC(=O)NC(Cc2ccccc2)c2ncn[nH]2)cc1. The van der Waals surface area contributed by atoms with Crippen molar-refractivity contribution >= 4 is 16.9 Å². The second kappa shape index (κ2) is 9.91. The first-order valence-electron chi connectivity index (χ1n) is 11.4. The van der Waals surface area contributed by atoms with Crippen molar-refractivity contribution in [1.29, 1.82) is 0 Å². The van der Waals surface area contributed by atoms with Gasteiger partial charge in [-0.1, -0.05) is 30.3 Å². The minimum atomic E-state index is -0.549. The molecular weight excluding hydrogens is 460 g/mol. The van der Waals surface area contributed by atoms with Crippen molar-refractivity contribution in [2.24, 2.45) is 0 Å². The van der Waals surface area contributed by atoms with Crippen LogP contribution in [-0.4, -0.2) is 28.2 Å². The number of aromatic nitrogens is 3. The first-order chi connectivity index (χ1) is 17.5. The summed E-state index contributed by atoms with van der Waals surface area (Å²) in [5, 5.41) is 10.1. The number of benzene rings is 2. The second-order valence-electron chi connectivity index (χ2n) is 8.38. The number of aryl methyl sites for hydroxylation is 1. The Kier molecular flexibility index (Phi) is 6.36. The monoisotopic (exact) mass is 484 g/mol. The van der Waals surface area contributed by atoms with Crippen LogP contribution in [0.1, 0.15) is 28.8 Å². The normalized spacial score (nSPS) is 11.9. The molecule has 5 rings (SSSR count). The number of H-pyrrole nitrogens is 1. The van der Waals surface area contributed by atoms with Crippen LogP contribution >= 0.6 is 0 Å². The van der Waals surface area contributed by atoms with E-state index in [-0.39, 0.29) is 17.7 Å². The van der Waals surface area contributed by atoms with E-state index in [1.165, 1.54) is 6.33 Å². The van der Waals surface area contributed by atoms with Gasteiger partial charge in [0.25, 0.3) is 0 Å². The van der Waals surface area contributed by atoms with Crippen molar-refractivity contribution in [3.05, 3.63) is 100 Å². The zero-order valence-electron chi connectivity index (χ0n) is 19.8. The van der Waals surface area contributed by atoms with Gasteiger partial charge in [0.2, 0.25) is 5.91 Å². The summed E-state index contributed by atoms with van der Waals surface area (Å²) in [7, 11) is 1.58. The average Bonchev–Trinajstić information content (AvgIpc) is 3.53. The molecule has 0 aliphatic carbocycles. The van der Waals surface area contributed by atoms with E-state index in [4.69, 9.17) is 13.6 Å². The van der Waals surface area contributed by atoms with Crippen molar-refractivity contribution < 1.29 is 18.4 Å². The summed E-state index contributed by atoms with van der Waals surface area (Å²) in [6, 6.07) is 18.2. The number of methoxy groups -OCH3 is 1. The molecule has 3 aromatic heterocycles. The van der Waals surface area contributed by atoms with E-state index >= 15 is 0 Å². The van der Waals surface area contributed by atoms with Crippen LogP contribution in [-0.2, 0) is 17.6 Å². The van der Waals surface area contributed by atoms with Crippen LogP contribution in [0, 0.1) is 6.92 Å². The molecule has 36 heavy (non-hydrogen) atoms. The highest BCUT2D eigenvalue weighted by molar-refractivity contribution is 5.92. The van der Waals surface area contributed by atoms with Crippen molar-refractivity contribution in [1.82, 2.24) is 20.5 Å². The quantitative estimate of drug-likeness (QED) is 0.339. The van der Waals surface area contributed by atoms with Gasteiger partial charge in [0.05, 0.1) is 19.6 Å². The Balaban J connectivity index is 1.50. The highest BCUT2D eigenvalue weighted by Crippen LogP contribution is 2.34. The first kappa shape index (κ1) is 23.1. The maximum absolute atomic E-state index is 13.3. The highest BCUT2D eigenvalue weighted by Gasteiger charge is 2.25. The van der Waals surface area contributed by atoms with Crippen LogP contribution in [0.25, 0.3) is 22.3 Å². The van der Waals surface area contributed by atoms with Crippen LogP contribution in [0.15, 0.2) is 80.6 Å². The molecule has 0 bridgehead atoms. The molecule has 0 spiro atoms. The van der Waals surface area contributed by atoms with Crippen molar-refractivity contribution in [3.8, 4) is 17.1 Å². The van der Waals surface area contributed by atoms with Crippen LogP contribution in [0.2, 0.25) is 0 Å². The molecule has 0 aliphatic heterocycles. The fourth-order valence-electron chi connectivity index (χ4n) is 4.22. The van der Waals surface area contributed by atoms with Gasteiger partial charge in [-0.2, -0.15) is 5.10 Å². The summed E-state index contributed by atoms with van der Waals surface area (Å²) < 4.78 is 16.7. The number of furan rings is 1. The number of hydrogen-bond donors (Lipinski definition) is 2. The van der Waals surface area contributed by atoms with Crippen LogP contribution in [0.5, 0.6) is 5.75 Å². The molecule has 1 amide bonds. The Morgan fingerprint density at radius 1 is 1.11 bits per heavy atom. The fourth-order valence-corrected chi connectivity index (χ4v) is 4.22. The van der Waals surface area contributed by atoms with E-state index in [1.807, 2.05) is 42.5 Å². The predicted molar refractivity (Wildman–Crippen MR) is 133 cm³/mol. The van der Waals surface area contributed by atoms with E-state index in [2.05, 4.69) is 20.5 Å². The van der Waals surface area contributed by atoms with Gasteiger partial charge in [0, 0.05) is 17.2 Å². The predicted octanol–water partition coefficient (Wildman–Crippen LogP) is 4.13. The van der Waals surface area contributed by atoms with Gasteiger partial charge in [0.15, 0.2) is 0 Å². The summed E-state index contributed by atoms with van der Waals surface area (Å²) >= 11 is 0. The molecule has 2 aromatic carbocycles. The molecule has 0 aliphatic rings. The maximum Gasteiger partial charge on any atom is 0.347 e. The van der Waals surface area contributed by atoms with Crippen LogP contribution in [0.3, 0.4) is 0 Å². The van der Waals surface area contributed by atoms with Crippen LogP contribution < -0.4 is 15.7 Å². The molecule has 1 unspecified atom stereocenters. The van der Waals surface area contributed by atoms with Gasteiger partial charge in [0.1, 0.15) is 40.4 Å². The number of hydrogen-bond acceptors (Lipinski definition) is 7. The summed E-state index contributed by atoms with van der Waals surface area (Å²) in [6.45, 7) is 1.67. The molecule has 2 N–H and O–H groups in total. The molecule has 1 atom stereocenters. The Labute approximate surface area is 206 Å². The number of aromatic amines is 1. The van der Waals surface area contributed by atoms with Crippen molar-refractivity contribution in [3.63, 3.8) is 0 Å². The number of nitrogens with zero attached hydrogens (tertiary/aromatic N) is 2. The molecule has 0 saturated heterocycles. The molecule has 9 heteroatoms.